The number of quaternary nitrogens is 1. The van der Waals surface area contributed by atoms with E-state index in [1.54, 1.807) is 0 Å². The van der Waals surface area contributed by atoms with Crippen molar-refractivity contribution in [2.75, 3.05) is 40.6 Å². The SMILES string of the molecule is CCOC[N+]1(C)CCCC1.COC(=O)[O-]. The van der Waals surface area contributed by atoms with Crippen LogP contribution >= 0.6 is 0 Å². The zero-order chi connectivity index (χ0) is 11.7. The molecule has 1 rings (SSSR count). The molecule has 90 valence electrons. The van der Waals surface area contributed by atoms with Crippen LogP contribution in [-0.2, 0) is 9.47 Å². The fourth-order valence-electron chi connectivity index (χ4n) is 1.54. The molecule has 1 aliphatic rings. The fourth-order valence-corrected chi connectivity index (χ4v) is 1.54. The maximum absolute atomic E-state index is 9.03. The number of hydrogen-bond acceptors (Lipinski definition) is 4. The van der Waals surface area contributed by atoms with Crippen LogP contribution in [0, 0.1) is 0 Å². The highest BCUT2D eigenvalue weighted by Crippen LogP contribution is 2.15. The number of ether oxygens (including phenoxy) is 2. The van der Waals surface area contributed by atoms with Crippen LogP contribution in [0.3, 0.4) is 0 Å². The largest absolute Gasteiger partial charge is 0.553 e. The van der Waals surface area contributed by atoms with Gasteiger partial charge in [-0.25, -0.2) is 0 Å². The summed E-state index contributed by atoms with van der Waals surface area (Å²) in [7, 11) is 3.32. The van der Waals surface area contributed by atoms with E-state index in [4.69, 9.17) is 14.6 Å². The minimum absolute atomic E-state index is 0.855. The molecule has 0 bridgehead atoms. The molecule has 0 aromatic heterocycles. The number of hydrogen-bond donors (Lipinski definition) is 0. The van der Waals surface area contributed by atoms with Crippen molar-refractivity contribution in [3.05, 3.63) is 0 Å². The van der Waals surface area contributed by atoms with Crippen molar-refractivity contribution in [1.82, 2.24) is 0 Å². The first kappa shape index (κ1) is 14.2. The lowest BCUT2D eigenvalue weighted by Gasteiger charge is -2.27. The molecule has 1 fully saturated rings. The number of methoxy groups -OCH3 is 1. The normalized spacial score (nSPS) is 17.8. The highest BCUT2D eigenvalue weighted by Gasteiger charge is 2.26. The molecule has 0 aliphatic carbocycles. The standard InChI is InChI=1S/C8H18NO.C2H4O3/c1-3-10-8-9(2)6-4-5-7-9;1-5-2(3)4/h3-8H2,1-2H3;1H3,(H,3,4)/q+1;/p-1. The first-order valence-corrected chi connectivity index (χ1v) is 5.20. The van der Waals surface area contributed by atoms with Crippen LogP contribution in [0.15, 0.2) is 0 Å². The summed E-state index contributed by atoms with van der Waals surface area (Å²) >= 11 is 0. The zero-order valence-electron chi connectivity index (χ0n) is 9.82. The van der Waals surface area contributed by atoms with Crippen molar-refractivity contribution in [2.24, 2.45) is 0 Å². The Morgan fingerprint density at radius 2 is 1.87 bits per heavy atom. The summed E-state index contributed by atoms with van der Waals surface area (Å²) in [4.78, 5) is 9.03. The summed E-state index contributed by atoms with van der Waals surface area (Å²) in [5.74, 6) is 0. The summed E-state index contributed by atoms with van der Waals surface area (Å²) in [6.45, 7) is 6.44. The fraction of sp³-hybridized carbons (Fsp3) is 0.900. The molecule has 0 N–H and O–H groups in total. The molecule has 1 heterocycles. The summed E-state index contributed by atoms with van der Waals surface area (Å²) in [6, 6.07) is 0. The molecule has 5 nitrogen and oxygen atoms in total. The molecule has 0 aromatic rings. The maximum Gasteiger partial charge on any atom is 0.251 e. The summed E-state index contributed by atoms with van der Waals surface area (Å²) in [6.07, 6.45) is 1.26. The molecule has 0 atom stereocenters. The summed E-state index contributed by atoms with van der Waals surface area (Å²) in [5.41, 5.74) is 0. The second-order valence-corrected chi connectivity index (χ2v) is 3.85. The number of carboxylic acid groups (broad SMARTS) is 1. The second kappa shape index (κ2) is 7.48. The van der Waals surface area contributed by atoms with Gasteiger partial charge >= 0.3 is 0 Å². The molecule has 0 saturated carbocycles. The first-order valence-electron chi connectivity index (χ1n) is 5.20. The molecule has 0 amide bonds. The predicted molar refractivity (Wildman–Crippen MR) is 54.1 cm³/mol. The molecule has 1 aliphatic heterocycles. The zero-order valence-corrected chi connectivity index (χ0v) is 9.82. The van der Waals surface area contributed by atoms with E-state index in [1.165, 1.54) is 25.9 Å². The van der Waals surface area contributed by atoms with E-state index in [0.29, 0.717) is 0 Å². The van der Waals surface area contributed by atoms with E-state index in [-0.39, 0.29) is 0 Å². The van der Waals surface area contributed by atoms with Gasteiger partial charge in [0, 0.05) is 26.6 Å². The average Bonchev–Trinajstić information content (AvgIpc) is 2.64. The number of likely N-dealkylation sites (tertiary alicyclic amines) is 1. The summed E-state index contributed by atoms with van der Waals surface area (Å²) in [5, 5.41) is 9.03. The topological polar surface area (TPSA) is 58.6 Å². The van der Waals surface area contributed by atoms with Gasteiger partial charge in [-0.05, 0) is 6.92 Å². The van der Waals surface area contributed by atoms with Crippen molar-refractivity contribution < 1.29 is 23.9 Å². The minimum Gasteiger partial charge on any atom is -0.553 e. The van der Waals surface area contributed by atoms with E-state index in [1.807, 2.05) is 0 Å². The van der Waals surface area contributed by atoms with Gasteiger partial charge in [0.1, 0.15) is 0 Å². The van der Waals surface area contributed by atoms with Crippen molar-refractivity contribution in [1.29, 1.82) is 0 Å². The van der Waals surface area contributed by atoms with Gasteiger partial charge in [-0.15, -0.1) is 0 Å². The molecule has 0 radical (unpaired) electrons. The average molecular weight is 219 g/mol. The lowest BCUT2D eigenvalue weighted by molar-refractivity contribution is -0.916. The van der Waals surface area contributed by atoms with Gasteiger partial charge in [-0.3, -0.25) is 0 Å². The molecule has 5 heteroatoms. The third-order valence-corrected chi connectivity index (χ3v) is 2.42. The minimum atomic E-state index is -1.50. The van der Waals surface area contributed by atoms with Gasteiger partial charge in [0.15, 0.2) is 6.73 Å². The molecule has 15 heavy (non-hydrogen) atoms. The Balaban J connectivity index is 0.000000336. The second-order valence-electron chi connectivity index (χ2n) is 3.85. The molecule has 0 spiro atoms. The van der Waals surface area contributed by atoms with E-state index >= 15 is 0 Å². The van der Waals surface area contributed by atoms with Crippen molar-refractivity contribution >= 4 is 6.16 Å². The Morgan fingerprint density at radius 3 is 2.20 bits per heavy atom. The maximum atomic E-state index is 9.03. The van der Waals surface area contributed by atoms with Gasteiger partial charge in [0.25, 0.3) is 6.16 Å². The van der Waals surface area contributed by atoms with E-state index in [0.717, 1.165) is 24.9 Å². The van der Waals surface area contributed by atoms with Crippen LogP contribution in [-0.4, -0.2) is 51.2 Å². The highest BCUT2D eigenvalue weighted by molar-refractivity contribution is 5.53. The number of nitrogens with zero attached hydrogens (tertiary/aromatic N) is 1. The number of carbonyl (C=O) groups is 1. The third kappa shape index (κ3) is 7.16. The van der Waals surface area contributed by atoms with E-state index < -0.39 is 6.16 Å². The Bertz CT molecular complexity index is 178. The van der Waals surface area contributed by atoms with Crippen LogP contribution < -0.4 is 5.11 Å². The van der Waals surface area contributed by atoms with Crippen molar-refractivity contribution in [3.63, 3.8) is 0 Å². The Labute approximate surface area is 91.2 Å². The van der Waals surface area contributed by atoms with E-state index in [9.17, 15) is 0 Å². The van der Waals surface area contributed by atoms with Gasteiger partial charge in [0.05, 0.1) is 20.1 Å². The van der Waals surface area contributed by atoms with Crippen molar-refractivity contribution in [3.8, 4) is 0 Å². The van der Waals surface area contributed by atoms with Gasteiger partial charge in [-0.1, -0.05) is 0 Å². The molecule has 0 aromatic carbocycles. The lowest BCUT2D eigenvalue weighted by atomic mass is 10.4. The van der Waals surface area contributed by atoms with Crippen LogP contribution in [0.1, 0.15) is 19.8 Å². The monoisotopic (exact) mass is 219 g/mol. The molecular formula is C10H21NO4. The molecule has 1 saturated heterocycles. The smallest absolute Gasteiger partial charge is 0.251 e. The van der Waals surface area contributed by atoms with Crippen LogP contribution in [0.25, 0.3) is 0 Å². The highest BCUT2D eigenvalue weighted by atomic mass is 16.6. The van der Waals surface area contributed by atoms with E-state index in [2.05, 4.69) is 18.7 Å². The van der Waals surface area contributed by atoms with Gasteiger partial charge in [-0.2, -0.15) is 0 Å². The van der Waals surface area contributed by atoms with Crippen LogP contribution in [0.4, 0.5) is 4.79 Å². The first-order chi connectivity index (χ1) is 7.04. The Hall–Kier alpha value is -0.810. The number of carbonyl (C=O) groups excluding carboxylic acids is 1. The van der Waals surface area contributed by atoms with Crippen molar-refractivity contribution in [2.45, 2.75) is 19.8 Å². The Morgan fingerprint density at radius 1 is 1.40 bits per heavy atom. The predicted octanol–water partition coefficient (Wildman–Crippen LogP) is 0.197. The Kier molecular flexibility index (Phi) is 7.07. The quantitative estimate of drug-likeness (QED) is 0.502. The molecule has 0 unspecified atom stereocenters. The third-order valence-electron chi connectivity index (χ3n) is 2.42. The lowest BCUT2D eigenvalue weighted by Crippen LogP contribution is -2.42. The number of rotatable bonds is 3. The van der Waals surface area contributed by atoms with Gasteiger partial charge < -0.3 is 23.9 Å². The van der Waals surface area contributed by atoms with Gasteiger partial charge in [0.2, 0.25) is 0 Å². The van der Waals surface area contributed by atoms with Crippen LogP contribution in [0.2, 0.25) is 0 Å². The summed E-state index contributed by atoms with van der Waals surface area (Å²) < 4.78 is 10.1. The van der Waals surface area contributed by atoms with Crippen LogP contribution in [0.5, 0.6) is 0 Å². The molecular weight excluding hydrogens is 198 g/mol.